The second kappa shape index (κ2) is 4.69. The average Bonchev–Trinajstić information content (AvgIpc) is 2.80. The maximum absolute atomic E-state index is 12.1. The van der Waals surface area contributed by atoms with Crippen molar-refractivity contribution in [2.75, 3.05) is 4.72 Å². The molecule has 2 rings (SSSR count). The fraction of sp³-hybridized carbons (Fsp3) is 0.100. The molecule has 0 atom stereocenters. The highest BCUT2D eigenvalue weighted by Gasteiger charge is 2.21. The number of nitrogens with zero attached hydrogens (tertiary/aromatic N) is 2. The molecule has 0 aliphatic rings. The number of carbonyl (C=O) groups is 1. The van der Waals surface area contributed by atoms with E-state index in [0.29, 0.717) is 0 Å². The van der Waals surface area contributed by atoms with E-state index in [9.17, 15) is 13.2 Å². The number of carboxylic acid groups (broad SMARTS) is 1. The fourth-order valence-corrected chi connectivity index (χ4v) is 2.81. The van der Waals surface area contributed by atoms with Crippen LogP contribution in [0.4, 0.5) is 5.95 Å². The van der Waals surface area contributed by atoms with Gasteiger partial charge in [0.1, 0.15) is 6.33 Å². The molecular formula is C10H10N4O4S. The van der Waals surface area contributed by atoms with Gasteiger partial charge in [-0.05, 0) is 24.6 Å². The number of anilines is 1. The van der Waals surface area contributed by atoms with E-state index in [1.54, 1.807) is 0 Å². The summed E-state index contributed by atoms with van der Waals surface area (Å²) in [7, 11) is -3.92. The van der Waals surface area contributed by atoms with Gasteiger partial charge in [0, 0.05) is 0 Å². The van der Waals surface area contributed by atoms with Gasteiger partial charge in [0.2, 0.25) is 5.95 Å². The molecule has 0 aliphatic carbocycles. The lowest BCUT2D eigenvalue weighted by Crippen LogP contribution is -2.16. The van der Waals surface area contributed by atoms with Crippen LogP contribution in [-0.4, -0.2) is 34.7 Å². The summed E-state index contributed by atoms with van der Waals surface area (Å²) in [6.07, 6.45) is 1.15. The maximum atomic E-state index is 12.1. The zero-order valence-corrected chi connectivity index (χ0v) is 10.6. The van der Waals surface area contributed by atoms with Crippen molar-refractivity contribution in [3.63, 3.8) is 0 Å². The molecule has 1 aromatic heterocycles. The van der Waals surface area contributed by atoms with Crippen molar-refractivity contribution < 1.29 is 18.3 Å². The Morgan fingerprint density at radius 3 is 2.74 bits per heavy atom. The third kappa shape index (κ3) is 2.55. The van der Waals surface area contributed by atoms with Crippen molar-refractivity contribution in [3.05, 3.63) is 35.7 Å². The Labute approximate surface area is 108 Å². The first-order valence-electron chi connectivity index (χ1n) is 5.13. The first-order chi connectivity index (χ1) is 8.92. The Morgan fingerprint density at radius 1 is 1.42 bits per heavy atom. The van der Waals surface area contributed by atoms with Gasteiger partial charge in [-0.1, -0.05) is 6.07 Å². The number of hydrogen-bond acceptors (Lipinski definition) is 5. The number of aromatic carboxylic acids is 1. The van der Waals surface area contributed by atoms with Crippen molar-refractivity contribution in [2.45, 2.75) is 11.8 Å². The second-order valence-corrected chi connectivity index (χ2v) is 5.32. The number of nitrogens with one attached hydrogen (secondary N) is 2. The number of rotatable bonds is 4. The van der Waals surface area contributed by atoms with Gasteiger partial charge in [0.25, 0.3) is 10.0 Å². The summed E-state index contributed by atoms with van der Waals surface area (Å²) < 4.78 is 26.4. The van der Waals surface area contributed by atoms with Crippen LogP contribution in [0.2, 0.25) is 0 Å². The highest BCUT2D eigenvalue weighted by molar-refractivity contribution is 7.92. The predicted molar refractivity (Wildman–Crippen MR) is 65.3 cm³/mol. The van der Waals surface area contributed by atoms with Crippen LogP contribution in [0.25, 0.3) is 0 Å². The van der Waals surface area contributed by atoms with Crippen LogP contribution in [0.1, 0.15) is 15.9 Å². The van der Waals surface area contributed by atoms with Gasteiger partial charge in [0.05, 0.1) is 10.5 Å². The number of benzene rings is 1. The normalized spacial score (nSPS) is 11.2. The lowest BCUT2D eigenvalue weighted by molar-refractivity contribution is 0.0696. The van der Waals surface area contributed by atoms with Crippen LogP contribution >= 0.6 is 0 Å². The predicted octanol–water partition coefficient (Wildman–Crippen LogP) is 0.612. The van der Waals surface area contributed by atoms with E-state index in [4.69, 9.17) is 5.11 Å². The molecule has 0 fully saturated rings. The standard InChI is InChI=1S/C10H10N4O4S/c1-6-7(9(15)16)3-2-4-8(6)19(17,18)14-10-11-5-12-13-10/h2-5H,1H3,(H,15,16)(H2,11,12,13,14). The second-order valence-electron chi connectivity index (χ2n) is 3.67. The average molecular weight is 282 g/mol. The molecule has 100 valence electrons. The molecule has 0 saturated carbocycles. The summed E-state index contributed by atoms with van der Waals surface area (Å²) >= 11 is 0. The summed E-state index contributed by atoms with van der Waals surface area (Å²) in [6, 6.07) is 4.02. The molecule has 19 heavy (non-hydrogen) atoms. The van der Waals surface area contributed by atoms with Gasteiger partial charge < -0.3 is 5.11 Å². The van der Waals surface area contributed by atoms with Crippen molar-refractivity contribution in [1.29, 1.82) is 0 Å². The van der Waals surface area contributed by atoms with E-state index >= 15 is 0 Å². The molecule has 3 N–H and O–H groups in total. The van der Waals surface area contributed by atoms with Crippen molar-refractivity contribution in [2.24, 2.45) is 0 Å². The molecule has 0 unspecified atom stereocenters. The minimum atomic E-state index is -3.92. The molecule has 0 amide bonds. The van der Waals surface area contributed by atoms with Crippen LogP contribution in [0.15, 0.2) is 29.4 Å². The third-order valence-electron chi connectivity index (χ3n) is 2.45. The quantitative estimate of drug-likeness (QED) is 0.754. The topological polar surface area (TPSA) is 125 Å². The van der Waals surface area contributed by atoms with Crippen LogP contribution in [0, 0.1) is 6.92 Å². The third-order valence-corrected chi connectivity index (χ3v) is 3.93. The van der Waals surface area contributed by atoms with E-state index in [2.05, 4.69) is 19.9 Å². The van der Waals surface area contributed by atoms with Crippen LogP contribution in [-0.2, 0) is 10.0 Å². The first-order valence-corrected chi connectivity index (χ1v) is 6.61. The SMILES string of the molecule is Cc1c(C(=O)O)cccc1S(=O)(=O)Nc1ncn[nH]1. The molecule has 1 heterocycles. The number of aromatic nitrogens is 3. The molecule has 1 aromatic carbocycles. The van der Waals surface area contributed by atoms with Crippen LogP contribution < -0.4 is 4.72 Å². The Balaban J connectivity index is 2.47. The van der Waals surface area contributed by atoms with Gasteiger partial charge in [-0.2, -0.15) is 10.1 Å². The summed E-state index contributed by atoms with van der Waals surface area (Å²) in [5, 5.41) is 14.8. The molecule has 8 nitrogen and oxygen atoms in total. The van der Waals surface area contributed by atoms with E-state index < -0.39 is 16.0 Å². The summed E-state index contributed by atoms with van der Waals surface area (Å²) in [5.74, 6) is -1.23. The Bertz CT molecular complexity index is 709. The van der Waals surface area contributed by atoms with E-state index in [1.165, 1.54) is 25.1 Å². The Hall–Kier alpha value is -2.42. The smallest absolute Gasteiger partial charge is 0.335 e. The zero-order valence-electron chi connectivity index (χ0n) is 9.78. The van der Waals surface area contributed by atoms with E-state index in [-0.39, 0.29) is 22.0 Å². The highest BCUT2D eigenvalue weighted by atomic mass is 32.2. The van der Waals surface area contributed by atoms with Gasteiger partial charge in [0.15, 0.2) is 0 Å². The van der Waals surface area contributed by atoms with Gasteiger partial charge in [-0.15, -0.1) is 0 Å². The molecule has 0 saturated heterocycles. The molecule has 2 aromatic rings. The summed E-state index contributed by atoms with van der Waals surface area (Å²) in [6.45, 7) is 1.43. The van der Waals surface area contributed by atoms with E-state index in [0.717, 1.165) is 6.33 Å². The maximum Gasteiger partial charge on any atom is 0.335 e. The van der Waals surface area contributed by atoms with Gasteiger partial charge in [-0.25, -0.2) is 23.0 Å². The van der Waals surface area contributed by atoms with Crippen LogP contribution in [0.5, 0.6) is 0 Å². The number of carboxylic acids is 1. The minimum absolute atomic E-state index is 0.0415. The Morgan fingerprint density at radius 2 is 2.16 bits per heavy atom. The van der Waals surface area contributed by atoms with E-state index in [1.807, 2.05) is 0 Å². The lowest BCUT2D eigenvalue weighted by Gasteiger charge is -2.09. The fourth-order valence-electron chi connectivity index (χ4n) is 1.57. The molecule has 0 aliphatic heterocycles. The number of H-pyrrole nitrogens is 1. The van der Waals surface area contributed by atoms with Gasteiger partial charge in [-0.3, -0.25) is 0 Å². The van der Waals surface area contributed by atoms with Crippen molar-refractivity contribution >= 4 is 21.9 Å². The lowest BCUT2D eigenvalue weighted by atomic mass is 10.1. The van der Waals surface area contributed by atoms with Crippen molar-refractivity contribution in [3.8, 4) is 0 Å². The van der Waals surface area contributed by atoms with Gasteiger partial charge >= 0.3 is 5.97 Å². The monoisotopic (exact) mass is 282 g/mol. The number of aromatic amines is 1. The highest BCUT2D eigenvalue weighted by Crippen LogP contribution is 2.20. The first kappa shape index (κ1) is 13.0. The van der Waals surface area contributed by atoms with Crippen molar-refractivity contribution in [1.82, 2.24) is 15.2 Å². The van der Waals surface area contributed by atoms with Crippen LogP contribution in [0.3, 0.4) is 0 Å². The minimum Gasteiger partial charge on any atom is -0.478 e. The molecule has 9 heteroatoms. The Kier molecular flexibility index (Phi) is 3.21. The summed E-state index contributed by atoms with van der Waals surface area (Å²) in [4.78, 5) is 14.5. The molecule has 0 radical (unpaired) electrons. The number of hydrogen-bond donors (Lipinski definition) is 3. The molecular weight excluding hydrogens is 272 g/mol. The summed E-state index contributed by atoms with van der Waals surface area (Å²) in [5.41, 5.74) is 0.0856. The molecule has 0 bridgehead atoms. The largest absolute Gasteiger partial charge is 0.478 e. The zero-order chi connectivity index (χ0) is 14.0. The number of sulfonamides is 1. The molecule has 0 spiro atoms.